The molecule has 5 rings (SSSR count). The Morgan fingerprint density at radius 2 is 1.91 bits per heavy atom. The molecule has 2 aromatic carbocycles. The number of carbonyl (C=O) groups is 2. The summed E-state index contributed by atoms with van der Waals surface area (Å²) in [6.45, 7) is 5.17. The van der Waals surface area contributed by atoms with Crippen molar-refractivity contribution in [2.45, 2.75) is 19.9 Å². The molecule has 0 saturated carbocycles. The molecule has 0 spiro atoms. The van der Waals surface area contributed by atoms with Crippen molar-refractivity contribution in [2.75, 3.05) is 30.0 Å². The maximum absolute atomic E-state index is 13.4. The normalized spacial score (nSPS) is 19.2. The first-order valence-electron chi connectivity index (χ1n) is 11.1. The van der Waals surface area contributed by atoms with E-state index in [-0.39, 0.29) is 11.3 Å². The lowest BCUT2D eigenvalue weighted by Gasteiger charge is -2.28. The van der Waals surface area contributed by atoms with Crippen LogP contribution in [0.4, 0.5) is 11.4 Å². The highest BCUT2D eigenvalue weighted by atomic mass is 16.5. The number of anilines is 2. The van der Waals surface area contributed by atoms with E-state index >= 15 is 0 Å². The van der Waals surface area contributed by atoms with Crippen LogP contribution < -0.4 is 14.5 Å². The first kappa shape index (κ1) is 21.7. The maximum Gasteiger partial charge on any atom is 0.300 e. The Hall–Kier alpha value is -4.13. The Kier molecular flexibility index (Phi) is 5.32. The van der Waals surface area contributed by atoms with Gasteiger partial charge in [-0.15, -0.1) is 0 Å². The number of aliphatic hydroxyl groups is 1. The molecule has 1 unspecified atom stereocenters. The molecule has 1 atom stereocenters. The zero-order chi connectivity index (χ0) is 24.0. The number of Topliss-reactive ketones (excluding diaryl/α,β-unsaturated/α-hetero) is 1. The standard InChI is InChI=1S/C27H25N3O4/c1-16-6-4-8-20(17(16)2)30-24(19-7-5-11-28-15-19)23(26(32)27(30)33)25(31)18-9-10-22-21(14-18)29(3)12-13-34-22/h4-11,14-15,24,31H,12-13H2,1-3H3/b25-23-. The molecule has 172 valence electrons. The zero-order valence-electron chi connectivity index (χ0n) is 19.3. The van der Waals surface area contributed by atoms with Crippen LogP contribution in [0, 0.1) is 13.8 Å². The van der Waals surface area contributed by atoms with Gasteiger partial charge in [-0.1, -0.05) is 18.2 Å². The second-order valence-corrected chi connectivity index (χ2v) is 8.63. The number of carbonyl (C=O) groups excluding carboxylic acids is 2. The Morgan fingerprint density at radius 1 is 1.09 bits per heavy atom. The second-order valence-electron chi connectivity index (χ2n) is 8.63. The van der Waals surface area contributed by atoms with Crippen molar-refractivity contribution in [3.05, 3.63) is 88.8 Å². The van der Waals surface area contributed by atoms with Crippen LogP contribution in [-0.4, -0.2) is 42.0 Å². The predicted octanol–water partition coefficient (Wildman–Crippen LogP) is 4.15. The number of ketones is 1. The van der Waals surface area contributed by atoms with Gasteiger partial charge in [0.1, 0.15) is 18.1 Å². The first-order chi connectivity index (χ1) is 16.4. The van der Waals surface area contributed by atoms with Crippen LogP contribution in [0.15, 0.2) is 66.5 Å². The number of fused-ring (bicyclic) bond motifs is 1. The van der Waals surface area contributed by atoms with E-state index in [9.17, 15) is 14.7 Å². The summed E-state index contributed by atoms with van der Waals surface area (Å²) in [5.41, 5.74) is 4.48. The van der Waals surface area contributed by atoms with Crippen molar-refractivity contribution in [2.24, 2.45) is 0 Å². The van der Waals surface area contributed by atoms with Crippen LogP contribution in [0.1, 0.15) is 28.3 Å². The number of aromatic nitrogens is 1. The summed E-state index contributed by atoms with van der Waals surface area (Å²) in [7, 11) is 1.94. The summed E-state index contributed by atoms with van der Waals surface area (Å²) in [5.74, 6) is -0.913. The van der Waals surface area contributed by atoms with Crippen molar-refractivity contribution < 1.29 is 19.4 Å². The van der Waals surface area contributed by atoms with Crippen molar-refractivity contribution in [3.8, 4) is 5.75 Å². The maximum atomic E-state index is 13.4. The molecule has 3 aromatic rings. The van der Waals surface area contributed by atoms with E-state index in [0.717, 1.165) is 16.8 Å². The van der Waals surface area contributed by atoms with Gasteiger partial charge in [0.05, 0.1) is 23.8 Å². The van der Waals surface area contributed by atoms with Gasteiger partial charge in [-0.2, -0.15) is 0 Å². The number of amides is 1. The number of nitrogens with zero attached hydrogens (tertiary/aromatic N) is 3. The molecule has 1 aromatic heterocycles. The molecule has 2 aliphatic heterocycles. The van der Waals surface area contributed by atoms with Gasteiger partial charge in [-0.25, -0.2) is 0 Å². The second kappa shape index (κ2) is 8.33. The van der Waals surface area contributed by atoms with Gasteiger partial charge >= 0.3 is 0 Å². The number of benzene rings is 2. The summed E-state index contributed by atoms with van der Waals surface area (Å²) in [4.78, 5) is 34.4. The number of pyridine rings is 1. The van der Waals surface area contributed by atoms with Crippen molar-refractivity contribution in [1.82, 2.24) is 4.98 Å². The fourth-order valence-electron chi connectivity index (χ4n) is 4.58. The van der Waals surface area contributed by atoms with Crippen LogP contribution >= 0.6 is 0 Å². The summed E-state index contributed by atoms with van der Waals surface area (Å²) in [6, 6.07) is 13.7. The molecule has 34 heavy (non-hydrogen) atoms. The minimum Gasteiger partial charge on any atom is -0.507 e. The molecule has 1 fully saturated rings. The van der Waals surface area contributed by atoms with E-state index in [2.05, 4.69) is 4.98 Å². The number of aliphatic hydroxyl groups excluding tert-OH is 1. The molecular weight excluding hydrogens is 430 g/mol. The summed E-state index contributed by atoms with van der Waals surface area (Å²) in [6.07, 6.45) is 3.25. The van der Waals surface area contributed by atoms with Gasteiger partial charge in [0.2, 0.25) is 0 Å². The predicted molar refractivity (Wildman–Crippen MR) is 130 cm³/mol. The largest absolute Gasteiger partial charge is 0.507 e. The smallest absolute Gasteiger partial charge is 0.300 e. The number of ether oxygens (including phenoxy) is 1. The summed E-state index contributed by atoms with van der Waals surface area (Å²) < 4.78 is 5.71. The summed E-state index contributed by atoms with van der Waals surface area (Å²) in [5, 5.41) is 11.4. The average molecular weight is 456 g/mol. The van der Waals surface area contributed by atoms with Gasteiger partial charge in [0.25, 0.3) is 11.7 Å². The number of hydrogen-bond donors (Lipinski definition) is 1. The van der Waals surface area contributed by atoms with E-state index in [1.165, 1.54) is 4.90 Å². The quantitative estimate of drug-likeness (QED) is 0.363. The van der Waals surface area contributed by atoms with Crippen molar-refractivity contribution in [1.29, 1.82) is 0 Å². The third kappa shape index (κ3) is 3.41. The third-order valence-electron chi connectivity index (χ3n) is 6.61. The van der Waals surface area contributed by atoms with Crippen molar-refractivity contribution in [3.63, 3.8) is 0 Å². The lowest BCUT2D eigenvalue weighted by molar-refractivity contribution is -0.132. The van der Waals surface area contributed by atoms with Crippen LogP contribution in [0.5, 0.6) is 5.75 Å². The highest BCUT2D eigenvalue weighted by Gasteiger charge is 2.47. The molecule has 0 bridgehead atoms. The number of hydrogen-bond acceptors (Lipinski definition) is 6. The lowest BCUT2D eigenvalue weighted by Crippen LogP contribution is -2.30. The Labute approximate surface area is 197 Å². The number of rotatable bonds is 3. The molecule has 0 radical (unpaired) electrons. The molecule has 0 aliphatic carbocycles. The fraction of sp³-hybridized carbons (Fsp3) is 0.222. The third-order valence-corrected chi connectivity index (χ3v) is 6.61. The highest BCUT2D eigenvalue weighted by molar-refractivity contribution is 6.51. The minimum absolute atomic E-state index is 0.0400. The number of likely N-dealkylation sites (N-methyl/N-ethyl adjacent to an activating group) is 1. The van der Waals surface area contributed by atoms with E-state index in [1.807, 2.05) is 50.1 Å². The first-order valence-corrected chi connectivity index (χ1v) is 11.1. The van der Waals surface area contributed by atoms with E-state index in [0.29, 0.717) is 35.7 Å². The van der Waals surface area contributed by atoms with E-state index in [4.69, 9.17) is 4.74 Å². The Balaban J connectivity index is 1.72. The molecule has 7 heteroatoms. The molecular formula is C27H25N3O4. The molecule has 1 N–H and O–H groups in total. The van der Waals surface area contributed by atoms with Gasteiger partial charge in [-0.05, 0) is 60.9 Å². The molecule has 1 saturated heterocycles. The Morgan fingerprint density at radius 3 is 2.68 bits per heavy atom. The lowest BCUT2D eigenvalue weighted by atomic mass is 9.95. The zero-order valence-corrected chi connectivity index (χ0v) is 19.3. The molecule has 2 aliphatic rings. The average Bonchev–Trinajstić information content (AvgIpc) is 3.11. The van der Waals surface area contributed by atoms with Gasteiger partial charge in [0, 0.05) is 30.7 Å². The SMILES string of the molecule is Cc1cccc(N2C(=O)C(=O)/C(=C(\O)c3ccc4c(c3)N(C)CCO4)C2c2cccnc2)c1C. The van der Waals surface area contributed by atoms with Gasteiger partial charge in [0.15, 0.2) is 0 Å². The molecule has 1 amide bonds. The fourth-order valence-corrected chi connectivity index (χ4v) is 4.58. The molecule has 3 heterocycles. The van der Waals surface area contributed by atoms with Crippen LogP contribution in [0.25, 0.3) is 5.76 Å². The van der Waals surface area contributed by atoms with Gasteiger partial charge in [-0.3, -0.25) is 19.5 Å². The van der Waals surface area contributed by atoms with Crippen LogP contribution in [0.2, 0.25) is 0 Å². The van der Waals surface area contributed by atoms with E-state index in [1.54, 1.807) is 36.7 Å². The minimum atomic E-state index is -0.806. The Bertz CT molecular complexity index is 1330. The van der Waals surface area contributed by atoms with Crippen LogP contribution in [0.3, 0.4) is 0 Å². The summed E-state index contributed by atoms with van der Waals surface area (Å²) >= 11 is 0. The topological polar surface area (TPSA) is 83.0 Å². The van der Waals surface area contributed by atoms with Gasteiger partial charge < -0.3 is 14.7 Å². The molecule has 7 nitrogen and oxygen atoms in total. The van der Waals surface area contributed by atoms with Crippen molar-refractivity contribution >= 4 is 28.8 Å². The highest BCUT2D eigenvalue weighted by Crippen LogP contribution is 2.44. The van der Waals surface area contributed by atoms with Crippen LogP contribution in [-0.2, 0) is 9.59 Å². The van der Waals surface area contributed by atoms with E-state index < -0.39 is 17.7 Å². The number of aryl methyl sites for hydroxylation is 1. The monoisotopic (exact) mass is 455 g/mol.